The lowest BCUT2D eigenvalue weighted by molar-refractivity contribution is -0.113. The number of benzene rings is 1. The van der Waals surface area contributed by atoms with Crippen LogP contribution in [0.4, 0.5) is 0 Å². The summed E-state index contributed by atoms with van der Waals surface area (Å²) in [5.41, 5.74) is 0.706. The van der Waals surface area contributed by atoms with E-state index in [9.17, 15) is 9.59 Å². The third-order valence-corrected chi connectivity index (χ3v) is 2.18. The SMILES string of the molecule is O=C(Cl)C(=C/C=C\c1ccccc1)C(=O)Cl. The summed E-state index contributed by atoms with van der Waals surface area (Å²) in [6.45, 7) is 0. The molecule has 0 spiro atoms. The van der Waals surface area contributed by atoms with Gasteiger partial charge in [-0.2, -0.15) is 0 Å². The minimum atomic E-state index is -0.863. The molecule has 0 saturated heterocycles. The van der Waals surface area contributed by atoms with Gasteiger partial charge in [-0.3, -0.25) is 9.59 Å². The number of hydrogen-bond acceptors (Lipinski definition) is 2. The van der Waals surface area contributed by atoms with Crippen molar-refractivity contribution in [3.8, 4) is 0 Å². The molecular formula is C12H8Cl2O2. The summed E-state index contributed by atoms with van der Waals surface area (Å²) in [6.07, 6.45) is 4.57. The molecule has 0 N–H and O–H groups in total. The quantitative estimate of drug-likeness (QED) is 0.272. The van der Waals surface area contributed by atoms with E-state index in [1.165, 1.54) is 6.08 Å². The first-order valence-electron chi connectivity index (χ1n) is 4.44. The lowest BCUT2D eigenvalue weighted by Gasteiger charge is -1.91. The van der Waals surface area contributed by atoms with Gasteiger partial charge in [0.25, 0.3) is 10.5 Å². The van der Waals surface area contributed by atoms with E-state index in [0.717, 1.165) is 5.56 Å². The second kappa shape index (κ2) is 6.26. The van der Waals surface area contributed by atoms with Gasteiger partial charge in [-0.1, -0.05) is 42.5 Å². The maximum absolute atomic E-state index is 10.8. The smallest absolute Gasteiger partial charge is 0.257 e. The fraction of sp³-hybridized carbons (Fsp3) is 0. The van der Waals surface area contributed by atoms with Crippen molar-refractivity contribution in [3.63, 3.8) is 0 Å². The second-order valence-corrected chi connectivity index (χ2v) is 3.58. The van der Waals surface area contributed by atoms with E-state index in [2.05, 4.69) is 0 Å². The molecule has 1 rings (SSSR count). The molecular weight excluding hydrogens is 247 g/mol. The van der Waals surface area contributed by atoms with Crippen LogP contribution in [-0.4, -0.2) is 10.5 Å². The first-order valence-corrected chi connectivity index (χ1v) is 5.20. The lowest BCUT2D eigenvalue weighted by Crippen LogP contribution is -2.00. The largest absolute Gasteiger partial charge is 0.275 e. The number of rotatable bonds is 4. The molecule has 0 aromatic heterocycles. The van der Waals surface area contributed by atoms with Crippen molar-refractivity contribution in [3.05, 3.63) is 53.6 Å². The van der Waals surface area contributed by atoms with E-state index in [-0.39, 0.29) is 5.57 Å². The Morgan fingerprint density at radius 3 is 2.06 bits per heavy atom. The molecule has 0 aliphatic carbocycles. The van der Waals surface area contributed by atoms with Crippen LogP contribution in [0.3, 0.4) is 0 Å². The van der Waals surface area contributed by atoms with Crippen LogP contribution in [0, 0.1) is 0 Å². The fourth-order valence-corrected chi connectivity index (χ4v) is 1.37. The molecule has 0 radical (unpaired) electrons. The van der Waals surface area contributed by atoms with Crippen LogP contribution < -0.4 is 0 Å². The number of allylic oxidation sites excluding steroid dienone is 3. The maximum Gasteiger partial charge on any atom is 0.257 e. The van der Waals surface area contributed by atoms with E-state index < -0.39 is 10.5 Å². The van der Waals surface area contributed by atoms with Crippen molar-refractivity contribution in [2.45, 2.75) is 0 Å². The zero-order chi connectivity index (χ0) is 12.0. The molecule has 0 saturated carbocycles. The monoisotopic (exact) mass is 254 g/mol. The van der Waals surface area contributed by atoms with Crippen LogP contribution in [0.1, 0.15) is 5.56 Å². The number of hydrogen-bond donors (Lipinski definition) is 0. The average molecular weight is 255 g/mol. The van der Waals surface area contributed by atoms with Crippen LogP contribution in [0.25, 0.3) is 6.08 Å². The van der Waals surface area contributed by atoms with Crippen molar-refractivity contribution in [2.75, 3.05) is 0 Å². The molecule has 0 heterocycles. The predicted molar refractivity (Wildman–Crippen MR) is 65.3 cm³/mol. The summed E-state index contributed by atoms with van der Waals surface area (Å²) >= 11 is 10.3. The molecule has 4 heteroatoms. The summed E-state index contributed by atoms with van der Waals surface area (Å²) in [5, 5.41) is -1.73. The molecule has 0 fully saturated rings. The molecule has 0 amide bonds. The Hall–Kier alpha value is -1.38. The third kappa shape index (κ3) is 4.01. The number of carbonyl (C=O) groups is 2. The first-order chi connectivity index (χ1) is 7.61. The lowest BCUT2D eigenvalue weighted by atomic mass is 10.2. The van der Waals surface area contributed by atoms with Gasteiger partial charge < -0.3 is 0 Å². The van der Waals surface area contributed by atoms with Crippen LogP contribution in [0.15, 0.2) is 48.1 Å². The van der Waals surface area contributed by atoms with Gasteiger partial charge in [0.05, 0.1) is 5.57 Å². The molecule has 2 nitrogen and oxygen atoms in total. The van der Waals surface area contributed by atoms with Crippen LogP contribution in [0.2, 0.25) is 0 Å². The fourth-order valence-electron chi connectivity index (χ4n) is 1.03. The molecule has 0 aliphatic rings. The summed E-state index contributed by atoms with van der Waals surface area (Å²) in [7, 11) is 0. The number of carbonyl (C=O) groups excluding carboxylic acids is 2. The van der Waals surface area contributed by atoms with E-state index in [4.69, 9.17) is 23.2 Å². The van der Waals surface area contributed by atoms with Crippen LogP contribution in [-0.2, 0) is 9.59 Å². The highest BCUT2D eigenvalue weighted by Gasteiger charge is 2.11. The Bertz CT molecular complexity index is 431. The van der Waals surface area contributed by atoms with Gasteiger partial charge in [-0.15, -0.1) is 0 Å². The van der Waals surface area contributed by atoms with Gasteiger partial charge in [0, 0.05) is 0 Å². The van der Waals surface area contributed by atoms with E-state index in [0.29, 0.717) is 0 Å². The molecule has 0 unspecified atom stereocenters. The zero-order valence-electron chi connectivity index (χ0n) is 8.19. The first kappa shape index (κ1) is 12.7. The van der Waals surface area contributed by atoms with Crippen LogP contribution >= 0.6 is 23.2 Å². The van der Waals surface area contributed by atoms with Gasteiger partial charge >= 0.3 is 0 Å². The van der Waals surface area contributed by atoms with Crippen molar-refractivity contribution in [2.24, 2.45) is 0 Å². The van der Waals surface area contributed by atoms with Gasteiger partial charge in [0.1, 0.15) is 0 Å². The summed E-state index contributed by atoms with van der Waals surface area (Å²) < 4.78 is 0. The van der Waals surface area contributed by atoms with Crippen molar-refractivity contribution in [1.29, 1.82) is 0 Å². The Morgan fingerprint density at radius 2 is 1.56 bits per heavy atom. The highest BCUT2D eigenvalue weighted by atomic mass is 35.5. The summed E-state index contributed by atoms with van der Waals surface area (Å²) in [6, 6.07) is 9.42. The van der Waals surface area contributed by atoms with Gasteiger partial charge in [-0.25, -0.2) is 0 Å². The average Bonchev–Trinajstić information content (AvgIpc) is 2.24. The Balaban J connectivity index is 2.82. The molecule has 0 atom stereocenters. The standard InChI is InChI=1S/C12H8Cl2O2/c13-11(15)10(12(14)16)8-4-7-9-5-2-1-3-6-9/h1-8H/b7-4-. The third-order valence-electron chi connectivity index (χ3n) is 1.77. The van der Waals surface area contributed by atoms with E-state index >= 15 is 0 Å². The van der Waals surface area contributed by atoms with Crippen molar-refractivity contribution < 1.29 is 9.59 Å². The molecule has 1 aromatic carbocycles. The number of halogens is 2. The topological polar surface area (TPSA) is 34.1 Å². The molecule has 1 aromatic rings. The van der Waals surface area contributed by atoms with Crippen molar-refractivity contribution in [1.82, 2.24) is 0 Å². The van der Waals surface area contributed by atoms with Crippen molar-refractivity contribution >= 4 is 39.8 Å². The summed E-state index contributed by atoms with van der Waals surface area (Å²) in [4.78, 5) is 21.6. The second-order valence-electron chi connectivity index (χ2n) is 2.90. The minimum Gasteiger partial charge on any atom is -0.275 e. The predicted octanol–water partition coefficient (Wildman–Crippen LogP) is 3.16. The molecule has 82 valence electrons. The normalized spacial score (nSPS) is 10.1. The molecule has 16 heavy (non-hydrogen) atoms. The Kier molecular flexibility index (Phi) is 4.96. The Labute approximate surface area is 103 Å². The zero-order valence-corrected chi connectivity index (χ0v) is 9.70. The van der Waals surface area contributed by atoms with Crippen LogP contribution in [0.5, 0.6) is 0 Å². The van der Waals surface area contributed by atoms with Gasteiger partial charge in [0.15, 0.2) is 0 Å². The van der Waals surface area contributed by atoms with E-state index in [1.54, 1.807) is 12.2 Å². The highest BCUT2D eigenvalue weighted by Crippen LogP contribution is 2.07. The molecule has 0 bridgehead atoms. The van der Waals surface area contributed by atoms with E-state index in [1.807, 2.05) is 30.3 Å². The maximum atomic E-state index is 10.8. The minimum absolute atomic E-state index is 0.240. The summed E-state index contributed by atoms with van der Waals surface area (Å²) in [5.74, 6) is 0. The Morgan fingerprint density at radius 1 is 1.00 bits per heavy atom. The highest BCUT2D eigenvalue weighted by molar-refractivity contribution is 6.79. The van der Waals surface area contributed by atoms with Gasteiger partial charge in [0.2, 0.25) is 0 Å². The van der Waals surface area contributed by atoms with Gasteiger partial charge in [-0.05, 0) is 34.8 Å². The molecule has 0 aliphatic heterocycles.